The van der Waals surface area contributed by atoms with Gasteiger partial charge in [-0.2, -0.15) is 0 Å². The first kappa shape index (κ1) is 14.2. The largest absolute Gasteiger partial charge is 0.480 e. The highest BCUT2D eigenvalue weighted by Crippen LogP contribution is 2.47. The summed E-state index contributed by atoms with van der Waals surface area (Å²) in [5.74, 6) is -0.891. The third kappa shape index (κ3) is 2.43. The summed E-state index contributed by atoms with van der Waals surface area (Å²) in [4.78, 5) is 36.3. The van der Waals surface area contributed by atoms with Crippen LogP contribution in [0, 0.1) is 0 Å². The quantitative estimate of drug-likeness (QED) is 0.782. The van der Waals surface area contributed by atoms with E-state index in [1.54, 1.807) is 23.6 Å². The van der Waals surface area contributed by atoms with Gasteiger partial charge in [0.1, 0.15) is 12.1 Å². The van der Waals surface area contributed by atoms with Crippen molar-refractivity contribution in [1.29, 1.82) is 0 Å². The molecule has 2 saturated heterocycles. The van der Waals surface area contributed by atoms with Crippen molar-refractivity contribution in [1.82, 2.24) is 10.2 Å². The number of carbonyl (C=O) groups is 3. The summed E-state index contributed by atoms with van der Waals surface area (Å²) in [6.45, 7) is 3.66. The van der Waals surface area contributed by atoms with Crippen LogP contribution >= 0.6 is 11.8 Å². The number of amides is 2. The molecule has 2 amide bonds. The molecule has 2 N–H and O–H groups in total. The van der Waals surface area contributed by atoms with Crippen molar-refractivity contribution < 1.29 is 19.5 Å². The van der Waals surface area contributed by atoms with Crippen LogP contribution in [-0.4, -0.2) is 50.5 Å². The highest BCUT2D eigenvalue weighted by atomic mass is 32.2. The van der Waals surface area contributed by atoms with Gasteiger partial charge in [0.05, 0.1) is 4.87 Å². The molecule has 0 aromatic heterocycles. The lowest BCUT2D eigenvalue weighted by Gasteiger charge is -2.30. The monoisotopic (exact) mass is 286 g/mol. The van der Waals surface area contributed by atoms with Crippen molar-refractivity contribution >= 4 is 29.5 Å². The normalized spacial score (nSPS) is 31.2. The lowest BCUT2D eigenvalue weighted by Crippen LogP contribution is -2.53. The molecule has 2 rings (SSSR count). The van der Waals surface area contributed by atoms with Gasteiger partial charge in [0.25, 0.3) is 0 Å². The van der Waals surface area contributed by atoms with Gasteiger partial charge in [-0.25, -0.2) is 4.79 Å². The van der Waals surface area contributed by atoms with E-state index < -0.39 is 18.1 Å². The number of hydrogen-bond acceptors (Lipinski definition) is 4. The van der Waals surface area contributed by atoms with Crippen molar-refractivity contribution in [2.24, 2.45) is 0 Å². The van der Waals surface area contributed by atoms with Crippen LogP contribution in [0.1, 0.15) is 33.1 Å². The van der Waals surface area contributed by atoms with E-state index in [-0.39, 0.29) is 16.7 Å². The molecular weight excluding hydrogens is 268 g/mol. The van der Waals surface area contributed by atoms with Gasteiger partial charge in [0.2, 0.25) is 11.8 Å². The summed E-state index contributed by atoms with van der Waals surface area (Å²) in [6.07, 6.45) is 1.53. The molecule has 6 nitrogen and oxygen atoms in total. The number of nitrogens with one attached hydrogen (secondary N) is 1. The van der Waals surface area contributed by atoms with Gasteiger partial charge in [0.15, 0.2) is 0 Å². The molecule has 2 unspecified atom stereocenters. The number of carboxylic acid groups (broad SMARTS) is 1. The van der Waals surface area contributed by atoms with Gasteiger partial charge in [-0.3, -0.25) is 9.59 Å². The Hall–Kier alpha value is -1.24. The third-order valence-electron chi connectivity index (χ3n) is 3.77. The van der Waals surface area contributed by atoms with E-state index in [9.17, 15) is 14.4 Å². The third-order valence-corrected chi connectivity index (χ3v) is 5.28. The lowest BCUT2D eigenvalue weighted by molar-refractivity contribution is -0.143. The summed E-state index contributed by atoms with van der Waals surface area (Å²) >= 11 is 1.60. The summed E-state index contributed by atoms with van der Waals surface area (Å²) in [7, 11) is 0. The van der Waals surface area contributed by atoms with Crippen LogP contribution in [-0.2, 0) is 14.4 Å². The molecule has 0 saturated carbocycles. The number of nitrogens with zero attached hydrogens (tertiary/aromatic N) is 1. The average Bonchev–Trinajstić information content (AvgIpc) is 2.83. The Labute approximate surface area is 115 Å². The van der Waals surface area contributed by atoms with E-state index in [1.807, 2.05) is 6.92 Å². The van der Waals surface area contributed by atoms with Crippen LogP contribution < -0.4 is 5.32 Å². The van der Waals surface area contributed by atoms with Crippen molar-refractivity contribution in [2.75, 3.05) is 5.75 Å². The summed E-state index contributed by atoms with van der Waals surface area (Å²) in [6, 6.07) is -1.43. The second kappa shape index (κ2) is 5.03. The molecule has 2 aliphatic rings. The predicted octanol–water partition coefficient (Wildman–Crippen LogP) is 0.420. The first-order valence-electron chi connectivity index (χ1n) is 6.38. The summed E-state index contributed by atoms with van der Waals surface area (Å²) in [5, 5.41) is 11.5. The van der Waals surface area contributed by atoms with Gasteiger partial charge < -0.3 is 15.3 Å². The smallest absolute Gasteiger partial charge is 0.326 e. The average molecular weight is 286 g/mol. The Morgan fingerprint density at radius 3 is 2.89 bits per heavy atom. The van der Waals surface area contributed by atoms with E-state index in [0.717, 1.165) is 6.42 Å². The topological polar surface area (TPSA) is 86.7 Å². The molecule has 2 heterocycles. The van der Waals surface area contributed by atoms with Gasteiger partial charge in [-0.05, 0) is 19.8 Å². The Kier molecular flexibility index (Phi) is 3.75. The Morgan fingerprint density at radius 1 is 1.63 bits per heavy atom. The fraction of sp³-hybridized carbons (Fsp3) is 0.750. The van der Waals surface area contributed by atoms with E-state index >= 15 is 0 Å². The second-order valence-electron chi connectivity index (χ2n) is 5.07. The van der Waals surface area contributed by atoms with E-state index in [4.69, 9.17) is 5.11 Å². The van der Waals surface area contributed by atoms with Crippen LogP contribution in [0.5, 0.6) is 0 Å². The van der Waals surface area contributed by atoms with Crippen LogP contribution in [0.4, 0.5) is 0 Å². The molecule has 3 atom stereocenters. The van der Waals surface area contributed by atoms with Gasteiger partial charge in [-0.15, -0.1) is 11.8 Å². The van der Waals surface area contributed by atoms with Crippen LogP contribution in [0.3, 0.4) is 0 Å². The SMILES string of the molecule is CC[C@H](NC(=O)C1CSC2(C)CCC(=O)N12)C(=O)O. The maximum atomic E-state index is 12.2. The first-order chi connectivity index (χ1) is 8.89. The van der Waals surface area contributed by atoms with Crippen molar-refractivity contribution in [2.45, 2.75) is 50.1 Å². The summed E-state index contributed by atoms with van der Waals surface area (Å²) in [5.41, 5.74) is 0. The standard InChI is InChI=1S/C12H18N2O4S/c1-3-7(11(17)18)13-10(16)8-6-19-12(2)5-4-9(15)14(8)12/h7-8H,3-6H2,1-2H3,(H,13,16)(H,17,18)/t7-,8?,12?/m0/s1. The van der Waals surface area contributed by atoms with Crippen LogP contribution in [0.15, 0.2) is 0 Å². The summed E-state index contributed by atoms with van der Waals surface area (Å²) < 4.78 is 0. The molecule has 106 valence electrons. The van der Waals surface area contributed by atoms with E-state index in [2.05, 4.69) is 5.32 Å². The fourth-order valence-electron chi connectivity index (χ4n) is 2.62. The van der Waals surface area contributed by atoms with Crippen molar-refractivity contribution in [3.63, 3.8) is 0 Å². The zero-order chi connectivity index (χ0) is 14.2. The highest BCUT2D eigenvalue weighted by molar-refractivity contribution is 8.01. The van der Waals surface area contributed by atoms with Crippen LogP contribution in [0.2, 0.25) is 0 Å². The van der Waals surface area contributed by atoms with E-state index in [1.165, 1.54) is 0 Å². The zero-order valence-electron chi connectivity index (χ0n) is 11.0. The minimum atomic E-state index is -1.04. The molecular formula is C12H18N2O4S. The molecule has 2 aliphatic heterocycles. The number of carbonyl (C=O) groups excluding carboxylic acids is 2. The lowest BCUT2D eigenvalue weighted by atomic mass is 10.2. The van der Waals surface area contributed by atoms with Crippen LogP contribution in [0.25, 0.3) is 0 Å². The number of carboxylic acids is 1. The molecule has 0 spiro atoms. The Balaban J connectivity index is 2.08. The number of aliphatic carboxylic acids is 1. The highest BCUT2D eigenvalue weighted by Gasteiger charge is 2.53. The van der Waals surface area contributed by atoms with Crippen molar-refractivity contribution in [3.05, 3.63) is 0 Å². The Morgan fingerprint density at radius 2 is 2.32 bits per heavy atom. The molecule has 0 aromatic rings. The predicted molar refractivity (Wildman–Crippen MR) is 70.6 cm³/mol. The maximum absolute atomic E-state index is 12.2. The minimum Gasteiger partial charge on any atom is -0.480 e. The fourth-order valence-corrected chi connectivity index (χ4v) is 4.05. The zero-order valence-corrected chi connectivity index (χ0v) is 11.8. The van der Waals surface area contributed by atoms with E-state index in [0.29, 0.717) is 18.6 Å². The number of rotatable bonds is 4. The minimum absolute atomic E-state index is 0.0176. The maximum Gasteiger partial charge on any atom is 0.326 e. The van der Waals surface area contributed by atoms with Gasteiger partial charge in [0, 0.05) is 12.2 Å². The molecule has 0 radical (unpaired) electrons. The molecule has 7 heteroatoms. The van der Waals surface area contributed by atoms with Gasteiger partial charge >= 0.3 is 5.97 Å². The molecule has 0 bridgehead atoms. The van der Waals surface area contributed by atoms with Crippen molar-refractivity contribution in [3.8, 4) is 0 Å². The molecule has 0 aromatic carbocycles. The number of fused-ring (bicyclic) bond motifs is 1. The Bertz CT molecular complexity index is 428. The number of thioether (sulfide) groups is 1. The number of hydrogen-bond donors (Lipinski definition) is 2. The second-order valence-corrected chi connectivity index (χ2v) is 6.57. The molecule has 19 heavy (non-hydrogen) atoms. The van der Waals surface area contributed by atoms with Gasteiger partial charge in [-0.1, -0.05) is 6.92 Å². The molecule has 2 fully saturated rings. The first-order valence-corrected chi connectivity index (χ1v) is 7.37. The molecule has 0 aliphatic carbocycles.